The minimum atomic E-state index is -0.238. The average molecular weight is 351 g/mol. The highest BCUT2D eigenvalue weighted by molar-refractivity contribution is 7.22. The molecule has 1 aliphatic carbocycles. The number of amides is 2. The van der Waals surface area contributed by atoms with Crippen molar-refractivity contribution in [1.29, 1.82) is 0 Å². The largest absolute Gasteiger partial charge is 0.326 e. The average Bonchev–Trinajstić information content (AvgIpc) is 3.36. The van der Waals surface area contributed by atoms with Crippen LogP contribution in [0.5, 0.6) is 0 Å². The fraction of sp³-hybridized carbons (Fsp3) is 0.211. The first-order valence-corrected chi connectivity index (χ1v) is 8.99. The monoisotopic (exact) mass is 351 g/mol. The van der Waals surface area contributed by atoms with Crippen LogP contribution in [0.4, 0.5) is 10.8 Å². The van der Waals surface area contributed by atoms with Crippen molar-refractivity contribution in [2.75, 3.05) is 10.6 Å². The van der Waals surface area contributed by atoms with E-state index in [0.29, 0.717) is 16.4 Å². The van der Waals surface area contributed by atoms with Gasteiger partial charge in [0, 0.05) is 17.2 Å². The number of thiazole rings is 1. The summed E-state index contributed by atoms with van der Waals surface area (Å²) in [5, 5.41) is 6.26. The van der Waals surface area contributed by atoms with Gasteiger partial charge in [0.05, 0.1) is 10.2 Å². The second kappa shape index (κ2) is 6.29. The van der Waals surface area contributed by atoms with Gasteiger partial charge in [-0.25, -0.2) is 4.98 Å². The summed E-state index contributed by atoms with van der Waals surface area (Å²) in [6, 6.07) is 13.0. The van der Waals surface area contributed by atoms with E-state index in [4.69, 9.17) is 0 Å². The van der Waals surface area contributed by atoms with Crippen molar-refractivity contribution in [2.24, 2.45) is 5.92 Å². The maximum Gasteiger partial charge on any atom is 0.257 e. The zero-order valence-corrected chi connectivity index (χ0v) is 14.5. The number of hydrogen-bond donors (Lipinski definition) is 2. The molecule has 1 aliphatic rings. The van der Waals surface area contributed by atoms with E-state index in [9.17, 15) is 9.59 Å². The Morgan fingerprint density at radius 2 is 1.96 bits per heavy atom. The Morgan fingerprint density at radius 1 is 1.12 bits per heavy atom. The molecule has 0 bridgehead atoms. The van der Waals surface area contributed by atoms with E-state index in [1.807, 2.05) is 19.1 Å². The number of rotatable bonds is 4. The van der Waals surface area contributed by atoms with Crippen LogP contribution >= 0.6 is 11.3 Å². The predicted molar refractivity (Wildman–Crippen MR) is 100 cm³/mol. The van der Waals surface area contributed by atoms with Gasteiger partial charge in [-0.2, -0.15) is 0 Å². The molecule has 0 unspecified atom stereocenters. The number of nitrogens with zero attached hydrogens (tertiary/aromatic N) is 1. The molecule has 6 heteroatoms. The lowest BCUT2D eigenvalue weighted by atomic mass is 10.2. The van der Waals surface area contributed by atoms with Gasteiger partial charge in [0.15, 0.2) is 5.13 Å². The number of nitrogens with one attached hydrogen (secondary N) is 2. The Hall–Kier alpha value is -2.73. The molecular weight excluding hydrogens is 334 g/mol. The van der Waals surface area contributed by atoms with Crippen LogP contribution in [0.2, 0.25) is 0 Å². The molecule has 126 valence electrons. The summed E-state index contributed by atoms with van der Waals surface area (Å²) in [5.74, 6) is -0.0823. The molecule has 5 nitrogen and oxygen atoms in total. The van der Waals surface area contributed by atoms with Crippen molar-refractivity contribution in [3.05, 3.63) is 53.6 Å². The molecular formula is C19H17N3O2S. The fourth-order valence-corrected chi connectivity index (χ4v) is 3.54. The smallest absolute Gasteiger partial charge is 0.257 e. The molecule has 2 N–H and O–H groups in total. The molecule has 2 aromatic carbocycles. The minimum Gasteiger partial charge on any atom is -0.326 e. The van der Waals surface area contributed by atoms with Crippen molar-refractivity contribution < 1.29 is 9.59 Å². The molecule has 2 amide bonds. The van der Waals surface area contributed by atoms with Crippen LogP contribution in [0.15, 0.2) is 42.5 Å². The van der Waals surface area contributed by atoms with Gasteiger partial charge in [-0.1, -0.05) is 23.5 Å². The van der Waals surface area contributed by atoms with Gasteiger partial charge < -0.3 is 5.32 Å². The van der Waals surface area contributed by atoms with E-state index in [0.717, 1.165) is 28.6 Å². The summed E-state index contributed by atoms with van der Waals surface area (Å²) in [6.07, 6.45) is 1.90. The van der Waals surface area contributed by atoms with Crippen LogP contribution < -0.4 is 10.6 Å². The van der Waals surface area contributed by atoms with Crippen LogP contribution in [0.3, 0.4) is 0 Å². The van der Waals surface area contributed by atoms with Crippen molar-refractivity contribution >= 4 is 44.2 Å². The molecule has 0 radical (unpaired) electrons. The summed E-state index contributed by atoms with van der Waals surface area (Å²) in [4.78, 5) is 28.8. The maximum atomic E-state index is 12.5. The number of aryl methyl sites for hydroxylation is 1. The molecule has 1 aromatic heterocycles. The predicted octanol–water partition coefficient (Wildman–Crippen LogP) is 4.21. The Labute approximate surface area is 149 Å². The number of benzene rings is 2. The van der Waals surface area contributed by atoms with E-state index in [1.54, 1.807) is 24.3 Å². The number of carbonyl (C=O) groups excluding carboxylic acids is 2. The van der Waals surface area contributed by atoms with E-state index in [-0.39, 0.29) is 17.7 Å². The lowest BCUT2D eigenvalue weighted by Gasteiger charge is -2.06. The second-order valence-corrected chi connectivity index (χ2v) is 7.32. The highest BCUT2D eigenvalue weighted by Crippen LogP contribution is 2.30. The highest BCUT2D eigenvalue weighted by atomic mass is 32.1. The van der Waals surface area contributed by atoms with Crippen molar-refractivity contribution in [2.45, 2.75) is 19.8 Å². The molecule has 0 saturated heterocycles. The van der Waals surface area contributed by atoms with Gasteiger partial charge in [0.25, 0.3) is 5.91 Å². The molecule has 25 heavy (non-hydrogen) atoms. The van der Waals surface area contributed by atoms with Crippen molar-refractivity contribution in [3.8, 4) is 0 Å². The third kappa shape index (κ3) is 3.53. The van der Waals surface area contributed by atoms with Gasteiger partial charge in [-0.15, -0.1) is 0 Å². The topological polar surface area (TPSA) is 71.1 Å². The standard InChI is InChI=1S/C19H17N3O2S/c1-11-5-8-15-16(9-11)25-19(21-15)22-18(24)13-3-2-4-14(10-13)20-17(23)12-6-7-12/h2-5,8-10,12H,6-7H2,1H3,(H,20,23)(H,21,22,24). The highest BCUT2D eigenvalue weighted by Gasteiger charge is 2.29. The normalized spacial score (nSPS) is 13.6. The maximum absolute atomic E-state index is 12.5. The first kappa shape index (κ1) is 15.8. The van der Waals surface area contributed by atoms with E-state index in [1.165, 1.54) is 11.3 Å². The molecule has 1 saturated carbocycles. The van der Waals surface area contributed by atoms with Crippen LogP contribution in [0.1, 0.15) is 28.8 Å². The Morgan fingerprint density at radius 3 is 2.76 bits per heavy atom. The summed E-state index contributed by atoms with van der Waals surface area (Å²) in [6.45, 7) is 2.03. The Kier molecular flexibility index (Phi) is 3.97. The lowest BCUT2D eigenvalue weighted by molar-refractivity contribution is -0.117. The second-order valence-electron chi connectivity index (χ2n) is 6.29. The van der Waals surface area contributed by atoms with Crippen LogP contribution in [0.25, 0.3) is 10.2 Å². The zero-order valence-electron chi connectivity index (χ0n) is 13.7. The Bertz CT molecular complexity index is 976. The van der Waals surface area contributed by atoms with Crippen LogP contribution in [-0.2, 0) is 4.79 Å². The van der Waals surface area contributed by atoms with Crippen molar-refractivity contribution in [1.82, 2.24) is 4.98 Å². The van der Waals surface area contributed by atoms with E-state index >= 15 is 0 Å². The molecule has 0 aliphatic heterocycles. The molecule has 0 atom stereocenters. The van der Waals surface area contributed by atoms with Gasteiger partial charge in [0.2, 0.25) is 5.91 Å². The Balaban J connectivity index is 1.50. The van der Waals surface area contributed by atoms with E-state index in [2.05, 4.69) is 21.7 Å². The summed E-state index contributed by atoms with van der Waals surface area (Å²) < 4.78 is 1.04. The molecule has 1 heterocycles. The van der Waals surface area contributed by atoms with Gasteiger partial charge in [0.1, 0.15) is 0 Å². The van der Waals surface area contributed by atoms with Crippen LogP contribution in [0, 0.1) is 12.8 Å². The van der Waals surface area contributed by atoms with Crippen molar-refractivity contribution in [3.63, 3.8) is 0 Å². The lowest BCUT2D eigenvalue weighted by Crippen LogP contribution is -2.15. The SMILES string of the molecule is Cc1ccc2nc(NC(=O)c3cccc(NC(=O)C4CC4)c3)sc2c1. The molecule has 0 spiro atoms. The summed E-state index contributed by atoms with van der Waals surface area (Å²) in [7, 11) is 0. The summed E-state index contributed by atoms with van der Waals surface area (Å²) >= 11 is 1.45. The molecule has 1 fully saturated rings. The molecule has 4 rings (SSSR count). The minimum absolute atomic E-state index is 0.0269. The summed E-state index contributed by atoms with van der Waals surface area (Å²) in [5.41, 5.74) is 3.16. The first-order valence-electron chi connectivity index (χ1n) is 8.18. The van der Waals surface area contributed by atoms with Gasteiger partial charge in [-0.3, -0.25) is 14.9 Å². The first-order chi connectivity index (χ1) is 12.1. The number of carbonyl (C=O) groups is 2. The number of hydrogen-bond acceptors (Lipinski definition) is 4. The third-order valence-electron chi connectivity index (χ3n) is 4.10. The third-order valence-corrected chi connectivity index (χ3v) is 5.04. The van der Waals surface area contributed by atoms with E-state index < -0.39 is 0 Å². The number of anilines is 2. The van der Waals surface area contributed by atoms with Gasteiger partial charge >= 0.3 is 0 Å². The van der Waals surface area contributed by atoms with Crippen LogP contribution in [-0.4, -0.2) is 16.8 Å². The number of aromatic nitrogens is 1. The zero-order chi connectivity index (χ0) is 17.4. The number of fused-ring (bicyclic) bond motifs is 1. The van der Waals surface area contributed by atoms with Gasteiger partial charge in [-0.05, 0) is 55.7 Å². The fourth-order valence-electron chi connectivity index (χ4n) is 2.58. The molecule has 3 aromatic rings. The quantitative estimate of drug-likeness (QED) is 0.740.